The van der Waals surface area contributed by atoms with E-state index in [1.807, 2.05) is 39.8 Å². The Morgan fingerprint density at radius 2 is 1.82 bits per heavy atom. The highest BCUT2D eigenvalue weighted by Gasteiger charge is 2.26. The molecule has 1 aliphatic heterocycles. The highest BCUT2D eigenvalue weighted by Crippen LogP contribution is 2.30. The first-order chi connectivity index (χ1) is 13.2. The second-order valence-corrected chi connectivity index (χ2v) is 10.3. The van der Waals surface area contributed by atoms with Gasteiger partial charge in [-0.2, -0.15) is 0 Å². The quantitative estimate of drug-likeness (QED) is 0.662. The van der Waals surface area contributed by atoms with E-state index in [0.717, 1.165) is 47.0 Å². The smallest absolute Gasteiger partial charge is 0.241 e. The molecule has 2 aromatic carbocycles. The van der Waals surface area contributed by atoms with E-state index in [0.29, 0.717) is 11.4 Å². The van der Waals surface area contributed by atoms with E-state index in [9.17, 15) is 8.42 Å². The minimum atomic E-state index is -3.57. The maximum Gasteiger partial charge on any atom is 0.241 e. The van der Waals surface area contributed by atoms with E-state index in [2.05, 4.69) is 43.8 Å². The first kappa shape index (κ1) is 21.3. The lowest BCUT2D eigenvalue weighted by atomic mass is 10.0. The number of anilines is 1. The highest BCUT2D eigenvalue weighted by molar-refractivity contribution is 9.10. The van der Waals surface area contributed by atoms with Crippen LogP contribution in [0.4, 0.5) is 5.69 Å². The largest absolute Gasteiger partial charge is 0.370 e. The van der Waals surface area contributed by atoms with Gasteiger partial charge in [-0.3, -0.25) is 0 Å². The zero-order valence-corrected chi connectivity index (χ0v) is 19.5. The van der Waals surface area contributed by atoms with Gasteiger partial charge in [0.05, 0.1) is 4.90 Å². The molecule has 0 fully saturated rings. The molecular formula is C22H29BrN2O2S. The Balaban J connectivity index is 1.82. The van der Waals surface area contributed by atoms with Gasteiger partial charge in [0.2, 0.25) is 10.0 Å². The Kier molecular flexibility index (Phi) is 6.52. The van der Waals surface area contributed by atoms with Crippen molar-refractivity contribution in [3.63, 3.8) is 0 Å². The van der Waals surface area contributed by atoms with Crippen molar-refractivity contribution < 1.29 is 8.42 Å². The molecule has 1 atom stereocenters. The van der Waals surface area contributed by atoms with Crippen LogP contribution in [0.1, 0.15) is 42.0 Å². The molecule has 6 heteroatoms. The van der Waals surface area contributed by atoms with Crippen LogP contribution in [0.15, 0.2) is 39.7 Å². The number of sulfonamides is 1. The van der Waals surface area contributed by atoms with Crippen LogP contribution in [0.25, 0.3) is 0 Å². The fraction of sp³-hybridized carbons (Fsp3) is 0.455. The number of hydrogen-bond donors (Lipinski definition) is 1. The van der Waals surface area contributed by atoms with E-state index in [-0.39, 0.29) is 6.04 Å². The molecule has 3 rings (SSSR count). The molecule has 0 aromatic heterocycles. The minimum Gasteiger partial charge on any atom is -0.370 e. The topological polar surface area (TPSA) is 49.4 Å². The van der Waals surface area contributed by atoms with Crippen LogP contribution in [0.5, 0.6) is 0 Å². The van der Waals surface area contributed by atoms with Gasteiger partial charge in [-0.15, -0.1) is 0 Å². The fourth-order valence-electron chi connectivity index (χ4n) is 4.22. The lowest BCUT2D eigenvalue weighted by Crippen LogP contribution is -2.45. The second-order valence-electron chi connectivity index (χ2n) is 7.78. The zero-order chi connectivity index (χ0) is 20.5. The summed E-state index contributed by atoms with van der Waals surface area (Å²) < 4.78 is 30.4. The predicted molar refractivity (Wildman–Crippen MR) is 120 cm³/mol. The van der Waals surface area contributed by atoms with Gasteiger partial charge in [-0.1, -0.05) is 40.5 Å². The van der Waals surface area contributed by atoms with Gasteiger partial charge < -0.3 is 4.90 Å². The van der Waals surface area contributed by atoms with Crippen molar-refractivity contribution in [2.24, 2.45) is 0 Å². The number of fused-ring (bicyclic) bond motifs is 1. The second kappa shape index (κ2) is 8.56. The number of benzene rings is 2. The van der Waals surface area contributed by atoms with Gasteiger partial charge in [0, 0.05) is 29.3 Å². The van der Waals surface area contributed by atoms with Crippen LogP contribution in [-0.4, -0.2) is 27.5 Å². The van der Waals surface area contributed by atoms with Gasteiger partial charge in [0.1, 0.15) is 0 Å². The van der Waals surface area contributed by atoms with E-state index in [1.165, 1.54) is 11.3 Å². The molecule has 4 nitrogen and oxygen atoms in total. The molecule has 1 unspecified atom stereocenters. The molecule has 1 N–H and O–H groups in total. The summed E-state index contributed by atoms with van der Waals surface area (Å²) in [5.41, 5.74) is 5.22. The maximum atomic E-state index is 13.2. The molecule has 0 radical (unpaired) electrons. The molecule has 1 heterocycles. The van der Waals surface area contributed by atoms with Crippen molar-refractivity contribution in [3.8, 4) is 0 Å². The fourth-order valence-corrected chi connectivity index (χ4v) is 6.39. The predicted octanol–water partition coefficient (Wildman–Crippen LogP) is 4.88. The average molecular weight is 465 g/mol. The molecular weight excluding hydrogens is 436 g/mol. The Hall–Kier alpha value is -1.37. The third kappa shape index (κ3) is 4.61. The zero-order valence-electron chi connectivity index (χ0n) is 17.0. The van der Waals surface area contributed by atoms with Crippen LogP contribution >= 0.6 is 15.9 Å². The molecule has 0 saturated carbocycles. The molecule has 0 aliphatic carbocycles. The number of aryl methyl sites for hydroxylation is 4. The van der Waals surface area contributed by atoms with Crippen LogP contribution < -0.4 is 9.62 Å². The van der Waals surface area contributed by atoms with E-state index in [4.69, 9.17) is 0 Å². The third-order valence-electron chi connectivity index (χ3n) is 5.39. The number of halogens is 1. The van der Waals surface area contributed by atoms with Crippen molar-refractivity contribution >= 4 is 31.6 Å². The summed E-state index contributed by atoms with van der Waals surface area (Å²) in [7, 11) is -3.57. The van der Waals surface area contributed by atoms with E-state index >= 15 is 0 Å². The Morgan fingerprint density at radius 1 is 1.14 bits per heavy atom. The first-order valence-electron chi connectivity index (χ1n) is 9.85. The van der Waals surface area contributed by atoms with Gasteiger partial charge >= 0.3 is 0 Å². The number of nitrogens with one attached hydrogen (secondary N) is 1. The molecule has 1 aliphatic rings. The van der Waals surface area contributed by atoms with Crippen LogP contribution in [-0.2, 0) is 16.4 Å². The average Bonchev–Trinajstić information content (AvgIpc) is 2.59. The van der Waals surface area contributed by atoms with Crippen molar-refractivity contribution in [3.05, 3.63) is 57.1 Å². The number of rotatable bonds is 6. The summed E-state index contributed by atoms with van der Waals surface area (Å²) in [5.74, 6) is 0. The van der Waals surface area contributed by atoms with Gasteiger partial charge in [0.15, 0.2) is 0 Å². The SMILES string of the molecule is CCC(CN1CCCc2cc(Br)ccc21)NS(=O)(=O)c1c(C)cc(C)cc1C. The van der Waals surface area contributed by atoms with E-state index < -0.39 is 10.0 Å². The van der Waals surface area contributed by atoms with Gasteiger partial charge in [-0.25, -0.2) is 13.1 Å². The maximum absolute atomic E-state index is 13.2. The Morgan fingerprint density at radius 3 is 2.46 bits per heavy atom. The number of hydrogen-bond acceptors (Lipinski definition) is 3. The molecule has 0 saturated heterocycles. The number of nitrogens with zero attached hydrogens (tertiary/aromatic N) is 1. The highest BCUT2D eigenvalue weighted by atomic mass is 79.9. The van der Waals surface area contributed by atoms with Gasteiger partial charge in [-0.05, 0) is 74.9 Å². The lowest BCUT2D eigenvalue weighted by Gasteiger charge is -2.34. The third-order valence-corrected chi connectivity index (χ3v) is 7.70. The Bertz CT molecular complexity index is 949. The van der Waals surface area contributed by atoms with Crippen molar-refractivity contribution in [2.45, 2.75) is 57.9 Å². The van der Waals surface area contributed by atoms with Crippen molar-refractivity contribution in [1.29, 1.82) is 0 Å². The Labute approximate surface area is 177 Å². The standard InChI is InChI=1S/C22H29BrN2O2S/c1-5-20(14-25-10-6-7-18-13-19(23)8-9-21(18)25)24-28(26,27)22-16(3)11-15(2)12-17(22)4/h8-9,11-13,20,24H,5-7,10,14H2,1-4H3. The summed E-state index contributed by atoms with van der Waals surface area (Å²) in [6.07, 6.45) is 2.89. The minimum absolute atomic E-state index is 0.139. The monoisotopic (exact) mass is 464 g/mol. The molecule has 0 amide bonds. The molecule has 0 spiro atoms. The summed E-state index contributed by atoms with van der Waals surface area (Å²) in [6, 6.07) is 10.1. The molecule has 0 bridgehead atoms. The summed E-state index contributed by atoms with van der Waals surface area (Å²) in [4.78, 5) is 2.73. The van der Waals surface area contributed by atoms with E-state index in [1.54, 1.807) is 0 Å². The van der Waals surface area contributed by atoms with Crippen LogP contribution in [0.2, 0.25) is 0 Å². The molecule has 2 aromatic rings. The summed E-state index contributed by atoms with van der Waals surface area (Å²) >= 11 is 3.55. The summed E-state index contributed by atoms with van der Waals surface area (Å²) in [5, 5.41) is 0. The van der Waals surface area contributed by atoms with Gasteiger partial charge in [0.25, 0.3) is 0 Å². The first-order valence-corrected chi connectivity index (χ1v) is 12.1. The summed E-state index contributed by atoms with van der Waals surface area (Å²) in [6.45, 7) is 9.39. The van der Waals surface area contributed by atoms with Crippen LogP contribution in [0, 0.1) is 20.8 Å². The van der Waals surface area contributed by atoms with Crippen LogP contribution in [0.3, 0.4) is 0 Å². The molecule has 152 valence electrons. The normalized spacial score (nSPS) is 15.4. The molecule has 28 heavy (non-hydrogen) atoms. The van der Waals surface area contributed by atoms with Crippen molar-refractivity contribution in [2.75, 3.05) is 18.0 Å². The van der Waals surface area contributed by atoms with Crippen molar-refractivity contribution in [1.82, 2.24) is 4.72 Å². The lowest BCUT2D eigenvalue weighted by molar-refractivity contribution is 0.523.